The van der Waals surface area contributed by atoms with Gasteiger partial charge in [0.25, 0.3) is 0 Å². The van der Waals surface area contributed by atoms with Gasteiger partial charge in [0, 0.05) is 12.0 Å². The van der Waals surface area contributed by atoms with Gasteiger partial charge in [-0.25, -0.2) is 0 Å². The van der Waals surface area contributed by atoms with Crippen molar-refractivity contribution in [3.63, 3.8) is 0 Å². The van der Waals surface area contributed by atoms with Gasteiger partial charge < -0.3 is 14.0 Å². The normalized spacial score (nSPS) is 24.7. The fourth-order valence-electron chi connectivity index (χ4n) is 2.76. The molecule has 0 N–H and O–H groups in total. The van der Waals surface area contributed by atoms with Gasteiger partial charge in [-0.2, -0.15) is 4.98 Å². The van der Waals surface area contributed by atoms with Gasteiger partial charge in [0.1, 0.15) is 24.1 Å². The van der Waals surface area contributed by atoms with Crippen LogP contribution in [0.1, 0.15) is 35.5 Å². The molecule has 0 amide bonds. The fourth-order valence-corrected chi connectivity index (χ4v) is 2.76. The molecule has 6 heteroatoms. The number of fused-ring (bicyclic) bond motifs is 1. The molecule has 2 atom stereocenters. The molecule has 2 unspecified atom stereocenters. The molecule has 1 fully saturated rings. The van der Waals surface area contributed by atoms with Gasteiger partial charge >= 0.3 is 0 Å². The molecule has 4 rings (SSSR count). The summed E-state index contributed by atoms with van der Waals surface area (Å²) in [6.45, 7) is 1.28. The van der Waals surface area contributed by atoms with Crippen molar-refractivity contribution in [1.82, 2.24) is 10.1 Å². The molecule has 2 aliphatic rings. The summed E-state index contributed by atoms with van der Waals surface area (Å²) < 4.78 is 16.2. The van der Waals surface area contributed by atoms with Crippen LogP contribution in [0.4, 0.5) is 0 Å². The van der Waals surface area contributed by atoms with Crippen molar-refractivity contribution in [2.45, 2.75) is 18.3 Å². The van der Waals surface area contributed by atoms with Crippen LogP contribution in [-0.4, -0.2) is 35.7 Å². The number of carbonyl (C=O) groups is 1. The lowest BCUT2D eigenvalue weighted by molar-refractivity contribution is -0.127. The van der Waals surface area contributed by atoms with Crippen molar-refractivity contribution in [3.05, 3.63) is 41.5 Å². The Morgan fingerprint density at radius 1 is 1.14 bits per heavy atom. The lowest BCUT2D eigenvalue weighted by atomic mass is 9.99. The first-order chi connectivity index (χ1) is 10.3. The van der Waals surface area contributed by atoms with E-state index < -0.39 is 5.92 Å². The maximum atomic E-state index is 11.9. The summed E-state index contributed by atoms with van der Waals surface area (Å²) in [6.07, 6.45) is 0.401. The first kappa shape index (κ1) is 12.5. The lowest BCUT2D eigenvalue weighted by Gasteiger charge is -2.17. The van der Waals surface area contributed by atoms with Gasteiger partial charge in [-0.1, -0.05) is 23.4 Å². The predicted molar refractivity (Wildman–Crippen MR) is 71.3 cm³/mol. The van der Waals surface area contributed by atoms with E-state index in [0.29, 0.717) is 38.0 Å². The minimum atomic E-state index is -0.433. The van der Waals surface area contributed by atoms with Crippen molar-refractivity contribution >= 4 is 5.78 Å². The Bertz CT molecular complexity index is 682. The van der Waals surface area contributed by atoms with Crippen LogP contribution in [0, 0.1) is 0 Å². The molecule has 1 aromatic heterocycles. The Labute approximate surface area is 121 Å². The minimum Gasteiger partial charge on any atom is -0.492 e. The smallest absolute Gasteiger partial charge is 0.239 e. The summed E-state index contributed by atoms with van der Waals surface area (Å²) in [5, 5.41) is 4.03. The Morgan fingerprint density at radius 3 is 2.95 bits per heavy atom. The molecule has 0 spiro atoms. The molecule has 0 bridgehead atoms. The van der Waals surface area contributed by atoms with E-state index >= 15 is 0 Å². The van der Waals surface area contributed by atoms with Crippen LogP contribution in [-0.2, 0) is 9.53 Å². The molecule has 2 aromatic rings. The largest absolute Gasteiger partial charge is 0.492 e. The molecule has 1 saturated heterocycles. The lowest BCUT2D eigenvalue weighted by Crippen LogP contribution is -2.25. The van der Waals surface area contributed by atoms with Gasteiger partial charge in [0.15, 0.2) is 5.82 Å². The van der Waals surface area contributed by atoms with E-state index in [-0.39, 0.29) is 11.7 Å². The highest BCUT2D eigenvalue weighted by atomic mass is 16.5. The number of Topliss-reactive ketones (excluding diaryl/α,β-unsaturated/α-hetero) is 1. The number of para-hydroxylation sites is 1. The second-order valence-electron chi connectivity index (χ2n) is 5.24. The predicted octanol–water partition coefficient (Wildman–Crippen LogP) is 1.67. The second kappa shape index (κ2) is 4.96. The van der Waals surface area contributed by atoms with E-state index in [1.165, 1.54) is 0 Å². The van der Waals surface area contributed by atoms with E-state index in [1.807, 2.05) is 24.3 Å². The van der Waals surface area contributed by atoms with Crippen LogP contribution >= 0.6 is 0 Å². The number of hydrogen-bond donors (Lipinski definition) is 0. The monoisotopic (exact) mass is 286 g/mol. The summed E-state index contributed by atoms with van der Waals surface area (Å²) in [4.78, 5) is 16.3. The quantitative estimate of drug-likeness (QED) is 0.836. The molecule has 0 radical (unpaired) electrons. The number of ether oxygens (including phenoxy) is 2. The highest BCUT2D eigenvalue weighted by Gasteiger charge is 2.33. The van der Waals surface area contributed by atoms with Crippen LogP contribution in [0.5, 0.6) is 5.75 Å². The van der Waals surface area contributed by atoms with Gasteiger partial charge in [0.2, 0.25) is 5.89 Å². The third kappa shape index (κ3) is 2.12. The van der Waals surface area contributed by atoms with Gasteiger partial charge in [-0.3, -0.25) is 4.79 Å². The Morgan fingerprint density at radius 2 is 2.05 bits per heavy atom. The molecular weight excluding hydrogens is 272 g/mol. The zero-order chi connectivity index (χ0) is 14.2. The maximum Gasteiger partial charge on any atom is 0.239 e. The van der Waals surface area contributed by atoms with Crippen molar-refractivity contribution in [2.24, 2.45) is 0 Å². The van der Waals surface area contributed by atoms with Crippen molar-refractivity contribution in [3.8, 4) is 5.75 Å². The summed E-state index contributed by atoms with van der Waals surface area (Å²) in [6, 6.07) is 7.81. The number of rotatable bonds is 2. The number of benzene rings is 1. The number of carbonyl (C=O) groups excluding carboxylic acids is 1. The van der Waals surface area contributed by atoms with Crippen LogP contribution in [0.15, 0.2) is 28.8 Å². The molecule has 1 aromatic carbocycles. The highest BCUT2D eigenvalue weighted by Crippen LogP contribution is 2.37. The first-order valence-corrected chi connectivity index (χ1v) is 6.98. The van der Waals surface area contributed by atoms with Crippen molar-refractivity contribution in [1.29, 1.82) is 0 Å². The van der Waals surface area contributed by atoms with E-state index in [4.69, 9.17) is 14.0 Å². The summed E-state index contributed by atoms with van der Waals surface area (Å²) >= 11 is 0. The average molecular weight is 286 g/mol. The first-order valence-electron chi connectivity index (χ1n) is 6.98. The molecule has 21 heavy (non-hydrogen) atoms. The van der Waals surface area contributed by atoms with Crippen molar-refractivity contribution < 1.29 is 18.8 Å². The minimum absolute atomic E-state index is 0.0432. The number of ketones is 1. The van der Waals surface area contributed by atoms with Crippen molar-refractivity contribution in [2.75, 3.05) is 19.8 Å². The van der Waals surface area contributed by atoms with Crippen LogP contribution in [0.2, 0.25) is 0 Å². The van der Waals surface area contributed by atoms with Gasteiger partial charge in [-0.05, 0) is 6.07 Å². The van der Waals surface area contributed by atoms with Crippen LogP contribution in [0.3, 0.4) is 0 Å². The van der Waals surface area contributed by atoms with Crippen LogP contribution < -0.4 is 4.74 Å². The summed E-state index contributed by atoms with van der Waals surface area (Å²) in [5.41, 5.74) is 1.05. The number of nitrogens with zero attached hydrogens (tertiary/aromatic N) is 2. The zero-order valence-corrected chi connectivity index (χ0v) is 11.3. The second-order valence-corrected chi connectivity index (χ2v) is 5.24. The SMILES string of the molecule is O=C1CCOCC1c1nc(C2COc3ccccc32)no1. The molecule has 2 aliphatic heterocycles. The standard InChI is InChI=1S/C15H14N2O4/c18-12-5-6-19-7-11(12)15-16-14(17-21-15)10-8-20-13-4-2-1-3-9(10)13/h1-4,10-11H,5-8H2. The number of aromatic nitrogens is 2. The molecule has 3 heterocycles. The molecule has 6 nitrogen and oxygen atoms in total. The fraction of sp³-hybridized carbons (Fsp3) is 0.400. The van der Waals surface area contributed by atoms with E-state index in [2.05, 4.69) is 10.1 Å². The van der Waals surface area contributed by atoms with Gasteiger partial charge in [-0.15, -0.1) is 0 Å². The Balaban J connectivity index is 1.62. The third-order valence-electron chi connectivity index (χ3n) is 3.93. The average Bonchev–Trinajstić information content (AvgIpc) is 3.14. The van der Waals surface area contributed by atoms with E-state index in [0.717, 1.165) is 11.3 Å². The molecular formula is C15H14N2O4. The molecule has 108 valence electrons. The zero-order valence-electron chi connectivity index (χ0n) is 11.3. The van der Waals surface area contributed by atoms with E-state index in [1.54, 1.807) is 0 Å². The Kier molecular flexibility index (Phi) is 2.96. The third-order valence-corrected chi connectivity index (χ3v) is 3.93. The Hall–Kier alpha value is -2.21. The van der Waals surface area contributed by atoms with Crippen LogP contribution in [0.25, 0.3) is 0 Å². The topological polar surface area (TPSA) is 74.5 Å². The summed E-state index contributed by atoms with van der Waals surface area (Å²) in [7, 11) is 0. The summed E-state index contributed by atoms with van der Waals surface area (Å²) in [5.74, 6) is 1.38. The van der Waals surface area contributed by atoms with E-state index in [9.17, 15) is 4.79 Å². The molecule has 0 saturated carbocycles. The van der Waals surface area contributed by atoms with Gasteiger partial charge in [0.05, 0.1) is 19.1 Å². The molecule has 0 aliphatic carbocycles. The maximum absolute atomic E-state index is 11.9. The highest BCUT2D eigenvalue weighted by molar-refractivity contribution is 5.85. The number of hydrogen-bond acceptors (Lipinski definition) is 6.